The van der Waals surface area contributed by atoms with Gasteiger partial charge in [-0.1, -0.05) is 60.7 Å². The molecule has 8 heterocycles. The molecule has 472 valence electrons. The predicted octanol–water partition coefficient (Wildman–Crippen LogP) is 9.44. The highest BCUT2D eigenvalue weighted by molar-refractivity contribution is 9.18. The number of piperidine rings is 2. The molecule has 0 spiro atoms. The van der Waals surface area contributed by atoms with Crippen molar-refractivity contribution in [3.8, 4) is 11.3 Å². The van der Waals surface area contributed by atoms with E-state index in [9.17, 15) is 39.9 Å². The second-order valence-corrected chi connectivity index (χ2v) is 24.8. The SMILES string of the molecule is C[C@@H]1CN(c2cc(-c3n[nH]c4ccc([N+](=O)[O-])cc34)ccn2)C[C@H](C)N1CC1CCN(C(=O)OCc2ccccc2)CC1.C[C@@H]1CN(c2cc(B(O)O)ccn2)C[C@H](C)N1CC1CCN(C(=O)OCc2ccccc2)CC1.O=[N+]([O-])c1ccc2c(c1)C(Br)=NC2. The lowest BCUT2D eigenvalue weighted by Gasteiger charge is -2.47. The molecule has 4 atom stereocenters. The molecule has 0 aliphatic carbocycles. The second-order valence-electron chi connectivity index (χ2n) is 24.0. The maximum atomic E-state index is 12.6. The zero-order chi connectivity index (χ0) is 63.4. The van der Waals surface area contributed by atoms with Crippen LogP contribution in [-0.2, 0) is 29.2 Å². The van der Waals surface area contributed by atoms with E-state index < -0.39 is 12.0 Å². The summed E-state index contributed by atoms with van der Waals surface area (Å²) >= 11 is 3.25. The van der Waals surface area contributed by atoms with Crippen molar-refractivity contribution in [3.63, 3.8) is 0 Å². The van der Waals surface area contributed by atoms with Crippen LogP contribution in [0.25, 0.3) is 22.2 Å². The average Bonchev–Trinajstić information content (AvgIpc) is 1.56. The summed E-state index contributed by atoms with van der Waals surface area (Å²) in [6.45, 7) is 18.6. The van der Waals surface area contributed by atoms with Gasteiger partial charge in [0.2, 0.25) is 0 Å². The largest absolute Gasteiger partial charge is 0.488 e. The molecule has 0 radical (unpaired) electrons. The molecule has 12 rings (SSSR count). The quantitative estimate of drug-likeness (QED) is 0.0520. The molecule has 7 aromatic rings. The van der Waals surface area contributed by atoms with E-state index in [-0.39, 0.29) is 28.5 Å². The molecule has 0 saturated carbocycles. The number of carbonyl (C=O) groups is 2. The van der Waals surface area contributed by atoms with Crippen LogP contribution in [0.1, 0.15) is 75.6 Å². The molecule has 4 saturated heterocycles. The number of hydrogen-bond acceptors (Lipinski definition) is 18. The van der Waals surface area contributed by atoms with E-state index in [1.165, 1.54) is 18.2 Å². The second kappa shape index (κ2) is 30.0. The van der Waals surface area contributed by atoms with E-state index in [2.05, 4.69) is 88.4 Å². The minimum absolute atomic E-state index is 0.0388. The Bertz CT molecular complexity index is 3610. The minimum atomic E-state index is -1.49. The minimum Gasteiger partial charge on any atom is -0.445 e. The van der Waals surface area contributed by atoms with Crippen LogP contribution >= 0.6 is 15.9 Å². The van der Waals surface area contributed by atoms with Crippen LogP contribution in [0.2, 0.25) is 0 Å². The number of nitrogens with zero attached hydrogens (tertiary/aromatic N) is 12. The van der Waals surface area contributed by atoms with E-state index in [1.807, 2.05) is 82.6 Å². The van der Waals surface area contributed by atoms with Crippen LogP contribution < -0.4 is 15.3 Å². The van der Waals surface area contributed by atoms with Crippen molar-refractivity contribution in [1.29, 1.82) is 0 Å². The zero-order valence-electron chi connectivity index (χ0n) is 51.2. The van der Waals surface area contributed by atoms with Gasteiger partial charge >= 0.3 is 19.3 Å². The molecule has 23 nitrogen and oxygen atoms in total. The smallest absolute Gasteiger partial charge is 0.445 e. The molecular formula is C65H77BBrN13O10. The number of amides is 2. The molecule has 4 aromatic carbocycles. The maximum absolute atomic E-state index is 12.6. The Morgan fingerprint density at radius 1 is 0.633 bits per heavy atom. The Balaban J connectivity index is 0.000000168. The van der Waals surface area contributed by atoms with Crippen LogP contribution in [0.4, 0.5) is 32.6 Å². The number of benzene rings is 4. The van der Waals surface area contributed by atoms with Crippen molar-refractivity contribution in [3.05, 3.63) is 176 Å². The molecule has 0 bridgehead atoms. The number of aromatic amines is 1. The molecule has 2 amide bonds. The number of non-ortho nitro benzene ring substituents is 2. The fraction of sp³-hybridized carbons (Fsp3) is 0.415. The van der Waals surface area contributed by atoms with E-state index in [0.29, 0.717) is 76.9 Å². The molecular weight excluding hydrogens is 1210 g/mol. The number of anilines is 2. The van der Waals surface area contributed by atoms with Gasteiger partial charge in [0.25, 0.3) is 11.4 Å². The van der Waals surface area contributed by atoms with Gasteiger partial charge in [0.1, 0.15) is 35.2 Å². The Hall–Kier alpha value is -8.36. The molecule has 5 aliphatic heterocycles. The first-order valence-electron chi connectivity index (χ1n) is 30.8. The fourth-order valence-corrected chi connectivity index (χ4v) is 13.2. The van der Waals surface area contributed by atoms with E-state index in [4.69, 9.17) is 9.47 Å². The molecule has 3 aromatic heterocycles. The molecule has 25 heteroatoms. The van der Waals surface area contributed by atoms with Gasteiger partial charge in [-0.15, -0.1) is 0 Å². The number of likely N-dealkylation sites (tertiary alicyclic amines) is 2. The van der Waals surface area contributed by atoms with Crippen molar-refractivity contribution in [2.24, 2.45) is 16.8 Å². The standard InChI is InChI=1S/C32H37N7O4.C25H35BN4O4.C8H5BrN2O2/c1-22-18-37(30-16-26(10-13-33-30)31-28-17-27(39(41)42)8-9-29(28)34-35-31)19-23(2)38(22)20-24-11-14-36(15-12-24)32(40)43-21-25-6-4-3-5-7-25;1-19-15-29(24-14-23(26(32)33)8-11-27-24)16-20(2)30(19)17-21-9-12-28(13-10-21)25(31)34-18-22-6-4-3-5-7-22;9-8-7-3-6(11(12)13)2-1-5(7)4-10-8/h3-10,13,16-17,22-24H,11-12,14-15,18-21H2,1-2H3,(H,34,35);3-8,11,14,19-21,32-33H,9-10,12-13,15-18H2,1-2H3;1-3H,4H2/t22-,23+;19-,20+;. The third-order valence-electron chi connectivity index (χ3n) is 17.7. The Morgan fingerprint density at radius 2 is 1.11 bits per heavy atom. The van der Waals surface area contributed by atoms with Crippen molar-refractivity contribution >= 4 is 79.2 Å². The van der Waals surface area contributed by atoms with E-state index in [1.54, 1.807) is 42.7 Å². The molecule has 0 unspecified atom stereocenters. The molecule has 3 N–H and O–H groups in total. The van der Waals surface area contributed by atoms with Crippen LogP contribution in [0.5, 0.6) is 0 Å². The number of hydrogen-bond donors (Lipinski definition) is 3. The lowest BCUT2D eigenvalue weighted by Crippen LogP contribution is -2.58. The number of nitro groups is 2. The lowest BCUT2D eigenvalue weighted by molar-refractivity contribution is -0.385. The van der Waals surface area contributed by atoms with Gasteiger partial charge in [0.05, 0.1) is 21.9 Å². The first-order valence-corrected chi connectivity index (χ1v) is 31.5. The normalized spacial score (nSPS) is 19.8. The summed E-state index contributed by atoms with van der Waals surface area (Å²) in [5, 5.41) is 48.9. The summed E-state index contributed by atoms with van der Waals surface area (Å²) in [6.07, 6.45) is 6.87. The number of H-pyrrole nitrogens is 1. The maximum Gasteiger partial charge on any atom is 0.488 e. The van der Waals surface area contributed by atoms with Crippen LogP contribution in [0.15, 0.2) is 139 Å². The highest BCUT2D eigenvalue weighted by Crippen LogP contribution is 2.33. The highest BCUT2D eigenvalue weighted by Gasteiger charge is 2.36. The number of halogens is 1. The van der Waals surface area contributed by atoms with Crippen molar-refractivity contribution in [2.45, 2.75) is 97.3 Å². The van der Waals surface area contributed by atoms with Crippen molar-refractivity contribution in [2.75, 3.05) is 75.2 Å². The number of aliphatic imine (C=N–C) groups is 1. The summed E-state index contributed by atoms with van der Waals surface area (Å²) in [5.74, 6) is 2.75. The number of rotatable bonds is 14. The van der Waals surface area contributed by atoms with Crippen molar-refractivity contribution in [1.82, 2.24) is 39.8 Å². The Labute approximate surface area is 532 Å². The average molecular weight is 1290 g/mol. The summed E-state index contributed by atoms with van der Waals surface area (Å²) in [4.78, 5) is 72.7. The molecule has 5 aliphatic rings. The number of carbonyl (C=O) groups excluding carboxylic acids is 2. The summed E-state index contributed by atoms with van der Waals surface area (Å²) < 4.78 is 11.7. The number of aromatic nitrogens is 4. The predicted molar refractivity (Wildman–Crippen MR) is 350 cm³/mol. The number of piperazine rings is 2. The number of fused-ring (bicyclic) bond motifs is 2. The molecule has 90 heavy (non-hydrogen) atoms. The fourth-order valence-electron chi connectivity index (χ4n) is 12.7. The number of nitro benzene ring substituents is 2. The zero-order valence-corrected chi connectivity index (χ0v) is 52.8. The Kier molecular flexibility index (Phi) is 21.5. The van der Waals surface area contributed by atoms with Gasteiger partial charge in [-0.25, -0.2) is 19.6 Å². The first-order chi connectivity index (χ1) is 43.4. The van der Waals surface area contributed by atoms with Gasteiger partial charge in [0, 0.05) is 143 Å². The van der Waals surface area contributed by atoms with Gasteiger partial charge in [-0.2, -0.15) is 5.10 Å². The van der Waals surface area contributed by atoms with Gasteiger partial charge in [0.15, 0.2) is 0 Å². The van der Waals surface area contributed by atoms with Crippen LogP contribution in [-0.4, -0.2) is 173 Å². The first kappa shape index (κ1) is 64.6. The van der Waals surface area contributed by atoms with Gasteiger partial charge in [-0.3, -0.25) is 40.1 Å². The number of ether oxygens (including phenoxy) is 2. The van der Waals surface area contributed by atoms with Gasteiger partial charge in [-0.05, 0) is 140 Å². The summed E-state index contributed by atoms with van der Waals surface area (Å²) in [6, 6.07) is 37.7. The van der Waals surface area contributed by atoms with Crippen molar-refractivity contribution < 1.29 is 39.0 Å². The summed E-state index contributed by atoms with van der Waals surface area (Å²) in [5.41, 5.74) is 6.76. The molecule has 4 fully saturated rings. The Morgan fingerprint density at radius 3 is 1.61 bits per heavy atom. The topological polar surface area (TPSA) is 266 Å². The number of nitrogens with one attached hydrogen (secondary N) is 1. The summed E-state index contributed by atoms with van der Waals surface area (Å²) in [7, 11) is -1.49. The van der Waals surface area contributed by atoms with Crippen LogP contribution in [0, 0.1) is 32.1 Å². The monoisotopic (exact) mass is 1290 g/mol. The van der Waals surface area contributed by atoms with Crippen LogP contribution in [0.3, 0.4) is 0 Å². The van der Waals surface area contributed by atoms with E-state index >= 15 is 0 Å². The number of pyridine rings is 2. The van der Waals surface area contributed by atoms with E-state index in [0.717, 1.165) is 136 Å². The van der Waals surface area contributed by atoms with Gasteiger partial charge < -0.3 is 39.1 Å². The highest BCUT2D eigenvalue weighted by atomic mass is 79.9. The third-order valence-corrected chi connectivity index (χ3v) is 18.4. The lowest BCUT2D eigenvalue weighted by atomic mass is 9.81. The third kappa shape index (κ3) is 16.3.